The molecule has 1 atom stereocenters. The minimum absolute atomic E-state index is 0.522. The van der Waals surface area contributed by atoms with Gasteiger partial charge in [-0.3, -0.25) is 0 Å². The summed E-state index contributed by atoms with van der Waals surface area (Å²) in [5.41, 5.74) is 4.22. The molecule has 2 aromatic carbocycles. The molecule has 0 saturated carbocycles. The summed E-state index contributed by atoms with van der Waals surface area (Å²) < 4.78 is 0. The highest BCUT2D eigenvalue weighted by molar-refractivity contribution is 5.49. The van der Waals surface area contributed by atoms with E-state index >= 15 is 0 Å². The van der Waals surface area contributed by atoms with Crippen molar-refractivity contribution in [2.45, 2.75) is 52.4 Å². The van der Waals surface area contributed by atoms with Crippen LogP contribution in [-0.4, -0.2) is 13.1 Å². The highest BCUT2D eigenvalue weighted by Crippen LogP contribution is 2.31. The van der Waals surface area contributed by atoms with Crippen LogP contribution in [0.25, 0.3) is 0 Å². The number of benzene rings is 2. The molecule has 1 nitrogen and oxygen atoms in total. The molecule has 0 amide bonds. The Morgan fingerprint density at radius 1 is 0.739 bits per heavy atom. The SMILES string of the molecule is CCCCCC(c1ccccc1)c1ccc(N(CC)CC)cc1. The monoisotopic (exact) mass is 309 g/mol. The molecule has 0 bridgehead atoms. The van der Waals surface area contributed by atoms with Gasteiger partial charge in [-0.25, -0.2) is 0 Å². The lowest BCUT2D eigenvalue weighted by atomic mass is 9.87. The Labute approximate surface area is 142 Å². The Balaban J connectivity index is 2.21. The molecule has 0 heterocycles. The first kappa shape index (κ1) is 17.6. The number of anilines is 1. The van der Waals surface area contributed by atoms with E-state index in [9.17, 15) is 0 Å². The molecule has 0 saturated heterocycles. The molecule has 0 aliphatic carbocycles. The maximum atomic E-state index is 2.40. The van der Waals surface area contributed by atoms with E-state index < -0.39 is 0 Å². The molecule has 0 fully saturated rings. The van der Waals surface area contributed by atoms with E-state index in [0.29, 0.717) is 5.92 Å². The molecule has 1 unspecified atom stereocenters. The Morgan fingerprint density at radius 2 is 1.35 bits per heavy atom. The van der Waals surface area contributed by atoms with Gasteiger partial charge < -0.3 is 4.90 Å². The van der Waals surface area contributed by atoms with Crippen LogP contribution in [0, 0.1) is 0 Å². The van der Waals surface area contributed by atoms with Gasteiger partial charge in [0.1, 0.15) is 0 Å². The van der Waals surface area contributed by atoms with Gasteiger partial charge >= 0.3 is 0 Å². The van der Waals surface area contributed by atoms with Crippen LogP contribution in [0.1, 0.15) is 63.5 Å². The molecule has 0 aliphatic rings. The van der Waals surface area contributed by atoms with E-state index in [4.69, 9.17) is 0 Å². The Hall–Kier alpha value is -1.76. The third kappa shape index (κ3) is 4.86. The van der Waals surface area contributed by atoms with Crippen molar-refractivity contribution in [3.63, 3.8) is 0 Å². The molecule has 2 aromatic rings. The molecular formula is C22H31N. The zero-order valence-corrected chi connectivity index (χ0v) is 15.0. The number of rotatable bonds is 9. The summed E-state index contributed by atoms with van der Waals surface area (Å²) in [6.45, 7) is 8.84. The second-order valence-corrected chi connectivity index (χ2v) is 6.22. The summed E-state index contributed by atoms with van der Waals surface area (Å²) in [6, 6.07) is 20.2. The van der Waals surface area contributed by atoms with E-state index in [1.165, 1.54) is 42.5 Å². The van der Waals surface area contributed by atoms with Gasteiger partial charge in [0.25, 0.3) is 0 Å². The second-order valence-electron chi connectivity index (χ2n) is 6.22. The van der Waals surface area contributed by atoms with Gasteiger partial charge in [0, 0.05) is 24.7 Å². The second kappa shape index (κ2) is 9.39. The van der Waals surface area contributed by atoms with E-state index in [1.54, 1.807) is 0 Å². The average Bonchev–Trinajstić information content (AvgIpc) is 2.61. The highest BCUT2D eigenvalue weighted by Gasteiger charge is 2.14. The average molecular weight is 309 g/mol. The number of hydrogen-bond acceptors (Lipinski definition) is 1. The van der Waals surface area contributed by atoms with E-state index in [2.05, 4.69) is 80.3 Å². The van der Waals surface area contributed by atoms with E-state index in [0.717, 1.165) is 13.1 Å². The Morgan fingerprint density at radius 3 is 1.91 bits per heavy atom. The lowest BCUT2D eigenvalue weighted by Crippen LogP contribution is -2.21. The van der Waals surface area contributed by atoms with E-state index in [1.807, 2.05) is 0 Å². The van der Waals surface area contributed by atoms with Crippen LogP contribution in [0.4, 0.5) is 5.69 Å². The molecule has 2 rings (SSSR count). The number of unbranched alkanes of at least 4 members (excludes halogenated alkanes) is 2. The maximum Gasteiger partial charge on any atom is 0.0366 e. The zero-order chi connectivity index (χ0) is 16.5. The van der Waals surface area contributed by atoms with Crippen LogP contribution in [-0.2, 0) is 0 Å². The maximum absolute atomic E-state index is 2.40. The first-order valence-electron chi connectivity index (χ1n) is 9.20. The lowest BCUT2D eigenvalue weighted by Gasteiger charge is -2.23. The van der Waals surface area contributed by atoms with Gasteiger partial charge in [0.15, 0.2) is 0 Å². The minimum Gasteiger partial charge on any atom is -0.372 e. The summed E-state index contributed by atoms with van der Waals surface area (Å²) in [6.07, 6.45) is 5.14. The van der Waals surface area contributed by atoms with Crippen molar-refractivity contribution >= 4 is 5.69 Å². The van der Waals surface area contributed by atoms with Crippen LogP contribution in [0.15, 0.2) is 54.6 Å². The number of hydrogen-bond donors (Lipinski definition) is 0. The first-order valence-corrected chi connectivity index (χ1v) is 9.20. The predicted octanol–water partition coefficient (Wildman–Crippen LogP) is 6.25. The van der Waals surface area contributed by atoms with Crippen molar-refractivity contribution in [3.8, 4) is 0 Å². The fourth-order valence-corrected chi connectivity index (χ4v) is 3.32. The summed E-state index contributed by atoms with van der Waals surface area (Å²) in [5.74, 6) is 0.522. The fourth-order valence-electron chi connectivity index (χ4n) is 3.32. The molecule has 124 valence electrons. The molecule has 0 aromatic heterocycles. The highest BCUT2D eigenvalue weighted by atomic mass is 15.1. The van der Waals surface area contributed by atoms with Crippen LogP contribution in [0.2, 0.25) is 0 Å². The van der Waals surface area contributed by atoms with Crippen molar-refractivity contribution in [3.05, 3.63) is 65.7 Å². The first-order chi connectivity index (χ1) is 11.3. The zero-order valence-electron chi connectivity index (χ0n) is 15.0. The van der Waals surface area contributed by atoms with Crippen LogP contribution >= 0.6 is 0 Å². The molecule has 0 spiro atoms. The van der Waals surface area contributed by atoms with Gasteiger partial charge in [-0.05, 0) is 43.5 Å². The van der Waals surface area contributed by atoms with Crippen LogP contribution in [0.3, 0.4) is 0 Å². The largest absolute Gasteiger partial charge is 0.372 e. The number of nitrogens with zero attached hydrogens (tertiary/aromatic N) is 1. The Kier molecular flexibility index (Phi) is 7.19. The fraction of sp³-hybridized carbons (Fsp3) is 0.455. The summed E-state index contributed by atoms with van der Waals surface area (Å²) in [5, 5.41) is 0. The van der Waals surface area contributed by atoms with E-state index in [-0.39, 0.29) is 0 Å². The van der Waals surface area contributed by atoms with Crippen molar-refractivity contribution in [2.75, 3.05) is 18.0 Å². The minimum atomic E-state index is 0.522. The van der Waals surface area contributed by atoms with Crippen molar-refractivity contribution in [2.24, 2.45) is 0 Å². The molecular weight excluding hydrogens is 278 g/mol. The van der Waals surface area contributed by atoms with Crippen molar-refractivity contribution < 1.29 is 0 Å². The van der Waals surface area contributed by atoms with Crippen molar-refractivity contribution in [1.82, 2.24) is 0 Å². The Bertz CT molecular complexity index is 540. The molecule has 0 radical (unpaired) electrons. The molecule has 0 aliphatic heterocycles. The van der Waals surface area contributed by atoms with Gasteiger partial charge in [-0.2, -0.15) is 0 Å². The topological polar surface area (TPSA) is 3.24 Å². The lowest BCUT2D eigenvalue weighted by molar-refractivity contribution is 0.618. The summed E-state index contributed by atoms with van der Waals surface area (Å²) in [4.78, 5) is 2.40. The third-order valence-electron chi connectivity index (χ3n) is 4.72. The van der Waals surface area contributed by atoms with Gasteiger partial charge in [-0.15, -0.1) is 0 Å². The molecule has 1 heteroatoms. The molecule has 0 N–H and O–H groups in total. The van der Waals surface area contributed by atoms with Crippen LogP contribution < -0.4 is 4.90 Å². The van der Waals surface area contributed by atoms with Crippen molar-refractivity contribution in [1.29, 1.82) is 0 Å². The van der Waals surface area contributed by atoms with Gasteiger partial charge in [-0.1, -0.05) is 68.7 Å². The van der Waals surface area contributed by atoms with Gasteiger partial charge in [0.2, 0.25) is 0 Å². The summed E-state index contributed by atoms with van der Waals surface area (Å²) >= 11 is 0. The van der Waals surface area contributed by atoms with Gasteiger partial charge in [0.05, 0.1) is 0 Å². The quantitative estimate of drug-likeness (QED) is 0.495. The summed E-state index contributed by atoms with van der Waals surface area (Å²) in [7, 11) is 0. The molecule has 23 heavy (non-hydrogen) atoms. The standard InChI is InChI=1S/C22H31N/c1-4-7-9-14-22(19-12-10-8-11-13-19)20-15-17-21(18-16-20)23(5-2)6-3/h8,10-13,15-18,22H,4-7,9,14H2,1-3H3. The smallest absolute Gasteiger partial charge is 0.0366 e. The van der Waals surface area contributed by atoms with Crippen LogP contribution in [0.5, 0.6) is 0 Å². The normalized spacial score (nSPS) is 12.1. The predicted molar refractivity (Wildman–Crippen MR) is 102 cm³/mol. The third-order valence-corrected chi connectivity index (χ3v) is 4.72.